The van der Waals surface area contributed by atoms with Gasteiger partial charge in [-0.3, -0.25) is 0 Å². The topological polar surface area (TPSA) is 9.23 Å². The van der Waals surface area contributed by atoms with Crippen LogP contribution in [0.4, 0.5) is 0 Å². The summed E-state index contributed by atoms with van der Waals surface area (Å²) in [5, 5.41) is 0. The van der Waals surface area contributed by atoms with Gasteiger partial charge in [-0.05, 0) is 0 Å². The molecule has 30 heavy (non-hydrogen) atoms. The van der Waals surface area contributed by atoms with Crippen LogP contribution in [0.15, 0.2) is 48.0 Å². The molecule has 0 saturated heterocycles. The van der Waals surface area contributed by atoms with E-state index in [1.807, 2.05) is 0 Å². The van der Waals surface area contributed by atoms with Crippen molar-refractivity contribution in [2.45, 2.75) is 68.1 Å². The van der Waals surface area contributed by atoms with Crippen molar-refractivity contribution >= 4 is 15.1 Å². The van der Waals surface area contributed by atoms with E-state index in [4.69, 9.17) is 2.50 Å². The van der Waals surface area contributed by atoms with Crippen LogP contribution in [0.25, 0.3) is 17.2 Å². The van der Waals surface area contributed by atoms with Gasteiger partial charge in [0.05, 0.1) is 0 Å². The van der Waals surface area contributed by atoms with Gasteiger partial charge in [0.1, 0.15) is 0 Å². The van der Waals surface area contributed by atoms with Gasteiger partial charge in [0.25, 0.3) is 0 Å². The Morgan fingerprint density at radius 1 is 0.967 bits per heavy atom. The van der Waals surface area contributed by atoms with Crippen LogP contribution in [0.1, 0.15) is 71.7 Å². The van der Waals surface area contributed by atoms with Gasteiger partial charge in [-0.25, -0.2) is 0 Å². The maximum absolute atomic E-state index is 6.31. The molecule has 0 aliphatic heterocycles. The molecule has 0 N–H and O–H groups in total. The molecule has 1 nitrogen and oxygen atoms in total. The number of hydrogen-bond donors (Lipinski definition) is 0. The maximum Gasteiger partial charge on any atom is -1.00 e. The standard InChI is InChI=1S/C23H25.C2H7OSi.2ClH.Zr/c1-2-17-15-21-9-6-10-22(23(21)16-17)20-13-11-19(12-14-20)18-7-4-3-5-8-18;1-4(2)3;;;/h6,9-16,18H,2-5,7-8H2,1H3;4H,1-2H3;2*1H;/q;-1;;;+3/p-2. The van der Waals surface area contributed by atoms with E-state index in [2.05, 4.69) is 68.6 Å². The largest absolute Gasteiger partial charge is 1.00 e. The quantitative estimate of drug-likeness (QED) is 0.504. The molecule has 2 aliphatic rings. The summed E-state index contributed by atoms with van der Waals surface area (Å²) < 4.78 is 6.92. The number of fused-ring (bicyclic) bond motifs is 1. The van der Waals surface area contributed by atoms with Gasteiger partial charge in [0.2, 0.25) is 0 Å². The summed E-state index contributed by atoms with van der Waals surface area (Å²) >= 11 is -0.862. The summed E-state index contributed by atoms with van der Waals surface area (Å²) in [6.45, 7) is 6.90. The van der Waals surface area contributed by atoms with Crippen LogP contribution in [0.3, 0.4) is 0 Å². The number of hydrogen-bond acceptors (Lipinski definition) is 1. The molecule has 1 atom stereocenters. The van der Waals surface area contributed by atoms with Crippen LogP contribution in [0.2, 0.25) is 13.1 Å². The van der Waals surface area contributed by atoms with Crippen molar-refractivity contribution < 1.29 is 51.0 Å². The summed E-state index contributed by atoms with van der Waals surface area (Å²) in [5.41, 5.74) is 8.91. The molecule has 2 aromatic carbocycles. The van der Waals surface area contributed by atoms with Gasteiger partial charge in [0.15, 0.2) is 0 Å². The van der Waals surface area contributed by atoms with Crippen molar-refractivity contribution in [2.75, 3.05) is 0 Å². The Bertz CT molecular complexity index is 845. The van der Waals surface area contributed by atoms with E-state index in [9.17, 15) is 0 Å². The summed E-state index contributed by atoms with van der Waals surface area (Å²) in [7, 11) is -0.923. The molecule has 0 radical (unpaired) electrons. The van der Waals surface area contributed by atoms with Gasteiger partial charge >= 0.3 is 185 Å². The van der Waals surface area contributed by atoms with Crippen LogP contribution in [-0.2, 0) is 26.2 Å². The zero-order valence-electron chi connectivity index (χ0n) is 18.3. The number of halogens is 2. The van der Waals surface area contributed by atoms with Gasteiger partial charge in [0, 0.05) is 0 Å². The molecule has 1 saturated carbocycles. The van der Waals surface area contributed by atoms with E-state index in [0.717, 1.165) is 12.3 Å². The SMILES string of the molecule is CCC1=Cc2c(-c3ccc(C4CCCCC4)cc3)cccc2[CH]1[Zr+2][O][SiH](C)C.[Cl-].[Cl-]. The molecule has 1 unspecified atom stereocenters. The van der Waals surface area contributed by atoms with Crippen molar-refractivity contribution in [1.82, 2.24) is 0 Å². The van der Waals surface area contributed by atoms with Crippen LogP contribution < -0.4 is 24.8 Å². The van der Waals surface area contributed by atoms with E-state index in [-0.39, 0.29) is 24.8 Å². The Morgan fingerprint density at radius 3 is 2.30 bits per heavy atom. The fourth-order valence-corrected chi connectivity index (χ4v) is 10.2. The average Bonchev–Trinajstić information content (AvgIpc) is 3.11. The first-order valence-corrected chi connectivity index (χ1v) is 16.2. The van der Waals surface area contributed by atoms with Crippen molar-refractivity contribution in [3.8, 4) is 11.1 Å². The average molecular weight is 539 g/mol. The number of allylic oxidation sites excluding steroid dienone is 1. The summed E-state index contributed by atoms with van der Waals surface area (Å²) in [5.74, 6) is 0.782. The molecule has 0 heterocycles. The van der Waals surface area contributed by atoms with Gasteiger partial charge in [-0.15, -0.1) is 0 Å². The van der Waals surface area contributed by atoms with Crippen molar-refractivity contribution in [1.29, 1.82) is 0 Å². The minimum absolute atomic E-state index is 0. The maximum atomic E-state index is 6.31. The molecule has 0 bridgehead atoms. The normalized spacial score (nSPS) is 18.1. The Balaban J connectivity index is 0.00000160. The Labute approximate surface area is 208 Å². The fraction of sp³-hybridized carbons (Fsp3) is 0.440. The third-order valence-electron chi connectivity index (χ3n) is 6.28. The number of rotatable bonds is 6. The van der Waals surface area contributed by atoms with Crippen LogP contribution in [0, 0.1) is 0 Å². The number of benzene rings is 2. The third kappa shape index (κ3) is 5.78. The van der Waals surface area contributed by atoms with Crippen molar-refractivity contribution in [3.05, 3.63) is 64.7 Å². The van der Waals surface area contributed by atoms with E-state index < -0.39 is 32.7 Å². The Morgan fingerprint density at radius 2 is 1.67 bits per heavy atom. The van der Waals surface area contributed by atoms with Crippen LogP contribution in [-0.4, -0.2) is 9.04 Å². The molecule has 5 heteroatoms. The predicted molar refractivity (Wildman–Crippen MR) is 119 cm³/mol. The molecule has 4 rings (SSSR count). The van der Waals surface area contributed by atoms with Crippen molar-refractivity contribution in [3.63, 3.8) is 0 Å². The second-order valence-corrected chi connectivity index (χ2v) is 14.6. The predicted octanol–water partition coefficient (Wildman–Crippen LogP) is 1.25. The Kier molecular flexibility index (Phi) is 10.6. The zero-order valence-corrected chi connectivity index (χ0v) is 23.4. The molecular formula is C25H32Cl2OSiZr. The molecule has 160 valence electrons. The summed E-state index contributed by atoms with van der Waals surface area (Å²) in [4.78, 5) is 0. The molecule has 0 aromatic heterocycles. The zero-order chi connectivity index (χ0) is 19.5. The minimum atomic E-state index is -0.923. The second kappa shape index (κ2) is 12.2. The van der Waals surface area contributed by atoms with Gasteiger partial charge < -0.3 is 24.8 Å². The molecule has 2 aromatic rings. The first-order valence-electron chi connectivity index (χ1n) is 11.0. The van der Waals surface area contributed by atoms with Gasteiger partial charge in [-0.1, -0.05) is 0 Å². The van der Waals surface area contributed by atoms with E-state index in [0.29, 0.717) is 3.63 Å². The first-order chi connectivity index (χ1) is 13.7. The summed E-state index contributed by atoms with van der Waals surface area (Å²) in [6, 6.07) is 16.4. The minimum Gasteiger partial charge on any atom is -1.00 e. The van der Waals surface area contributed by atoms with Crippen LogP contribution in [0.5, 0.6) is 0 Å². The molecule has 2 aliphatic carbocycles. The van der Waals surface area contributed by atoms with Crippen molar-refractivity contribution in [2.24, 2.45) is 0 Å². The van der Waals surface area contributed by atoms with Gasteiger partial charge in [-0.2, -0.15) is 0 Å². The van der Waals surface area contributed by atoms with E-state index in [1.165, 1.54) is 54.4 Å². The molecule has 1 fully saturated rings. The molecule has 0 amide bonds. The van der Waals surface area contributed by atoms with E-state index in [1.54, 1.807) is 11.1 Å². The van der Waals surface area contributed by atoms with Crippen LogP contribution >= 0.6 is 0 Å². The monoisotopic (exact) mass is 536 g/mol. The summed E-state index contributed by atoms with van der Waals surface area (Å²) in [6.07, 6.45) is 10.6. The molecular weight excluding hydrogens is 506 g/mol. The first kappa shape index (κ1) is 26.1. The second-order valence-electron chi connectivity index (χ2n) is 8.56. The molecule has 0 spiro atoms. The smallest absolute Gasteiger partial charge is 1.00 e. The fourth-order valence-electron chi connectivity index (χ4n) is 4.74. The third-order valence-corrected chi connectivity index (χ3v) is 13.6. The van der Waals surface area contributed by atoms with E-state index >= 15 is 0 Å². The Hall–Kier alpha value is -0.180.